The van der Waals surface area contributed by atoms with Crippen molar-refractivity contribution in [2.24, 2.45) is 5.92 Å². The fourth-order valence-electron chi connectivity index (χ4n) is 3.76. The highest BCUT2D eigenvalue weighted by atomic mass is 35.5. The quantitative estimate of drug-likeness (QED) is 0.670. The zero-order chi connectivity index (χ0) is 17.1. The molecule has 1 saturated heterocycles. The van der Waals surface area contributed by atoms with E-state index >= 15 is 0 Å². The number of hydrogen-bond donors (Lipinski definition) is 0. The maximum Gasteiger partial charge on any atom is 0.197 e. The van der Waals surface area contributed by atoms with E-state index in [2.05, 4.69) is 35.2 Å². The summed E-state index contributed by atoms with van der Waals surface area (Å²) in [4.78, 5) is 15.0. The lowest BCUT2D eigenvalue weighted by molar-refractivity contribution is 0.176. The van der Waals surface area contributed by atoms with Crippen LogP contribution in [-0.4, -0.2) is 18.0 Å². The zero-order valence-corrected chi connectivity index (χ0v) is 15.6. The first-order valence-corrected chi connectivity index (χ1v) is 9.05. The number of piperidine rings is 1. The van der Waals surface area contributed by atoms with Gasteiger partial charge >= 0.3 is 0 Å². The number of nitrogens with zero attached hydrogens (tertiary/aromatic N) is 1. The molecule has 26 heavy (non-hydrogen) atoms. The number of rotatable bonds is 4. The van der Waals surface area contributed by atoms with Gasteiger partial charge in [0.2, 0.25) is 0 Å². The van der Waals surface area contributed by atoms with Crippen LogP contribution in [0.1, 0.15) is 24.0 Å². The lowest BCUT2D eigenvalue weighted by Gasteiger charge is -2.31. The van der Waals surface area contributed by atoms with Crippen molar-refractivity contribution in [1.82, 2.24) is 4.90 Å². The molecule has 0 unspecified atom stereocenters. The standard InChI is InChI=1S/C22H23NO2.ClH/c24-22-19(16-25-21-9-5-4-8-20(21)22)15-23-12-10-18(11-13-23)14-17-6-2-1-3-7-17;/h1-9,16,18H,10-15H2;1H. The molecule has 1 fully saturated rings. The van der Waals surface area contributed by atoms with Crippen molar-refractivity contribution < 1.29 is 4.42 Å². The molecule has 0 saturated carbocycles. The van der Waals surface area contributed by atoms with Crippen molar-refractivity contribution in [3.8, 4) is 0 Å². The van der Waals surface area contributed by atoms with Crippen LogP contribution < -0.4 is 5.43 Å². The first kappa shape index (κ1) is 18.7. The lowest BCUT2D eigenvalue weighted by atomic mass is 9.90. The third-order valence-electron chi connectivity index (χ3n) is 5.22. The summed E-state index contributed by atoms with van der Waals surface area (Å²) in [5.41, 5.74) is 2.96. The number of halogens is 1. The van der Waals surface area contributed by atoms with Gasteiger partial charge in [0.25, 0.3) is 0 Å². The molecule has 3 aromatic rings. The molecule has 0 spiro atoms. The summed E-state index contributed by atoms with van der Waals surface area (Å²) in [5.74, 6) is 0.742. The summed E-state index contributed by atoms with van der Waals surface area (Å²) < 4.78 is 5.64. The number of likely N-dealkylation sites (tertiary alicyclic amines) is 1. The van der Waals surface area contributed by atoms with Gasteiger partial charge in [-0.25, -0.2) is 0 Å². The van der Waals surface area contributed by atoms with Crippen molar-refractivity contribution in [1.29, 1.82) is 0 Å². The van der Waals surface area contributed by atoms with E-state index in [1.54, 1.807) is 6.26 Å². The van der Waals surface area contributed by atoms with Gasteiger partial charge in [0.05, 0.1) is 11.6 Å². The van der Waals surface area contributed by atoms with Crippen LogP contribution in [-0.2, 0) is 13.0 Å². The Morgan fingerprint density at radius 2 is 1.65 bits per heavy atom. The molecule has 3 nitrogen and oxygen atoms in total. The molecule has 0 radical (unpaired) electrons. The van der Waals surface area contributed by atoms with Crippen LogP contribution in [0.5, 0.6) is 0 Å². The average molecular weight is 370 g/mol. The lowest BCUT2D eigenvalue weighted by Crippen LogP contribution is -2.35. The smallest absolute Gasteiger partial charge is 0.197 e. The van der Waals surface area contributed by atoms with Crippen molar-refractivity contribution in [2.45, 2.75) is 25.8 Å². The van der Waals surface area contributed by atoms with Gasteiger partial charge in [0, 0.05) is 12.1 Å². The molecule has 0 atom stereocenters. The average Bonchev–Trinajstić information content (AvgIpc) is 2.67. The second kappa shape index (κ2) is 8.52. The van der Waals surface area contributed by atoms with Crippen LogP contribution in [0.2, 0.25) is 0 Å². The summed E-state index contributed by atoms with van der Waals surface area (Å²) in [5, 5.41) is 0.680. The number of benzene rings is 2. The third-order valence-corrected chi connectivity index (χ3v) is 5.22. The number of fused-ring (bicyclic) bond motifs is 1. The fourth-order valence-corrected chi connectivity index (χ4v) is 3.76. The Hall–Kier alpha value is -2.10. The fraction of sp³-hybridized carbons (Fsp3) is 0.318. The predicted octanol–water partition coefficient (Wildman–Crippen LogP) is 4.67. The number of para-hydroxylation sites is 1. The van der Waals surface area contributed by atoms with Crippen molar-refractivity contribution in [3.63, 3.8) is 0 Å². The topological polar surface area (TPSA) is 33.5 Å². The van der Waals surface area contributed by atoms with Crippen molar-refractivity contribution in [3.05, 3.63) is 82.2 Å². The molecule has 2 aromatic carbocycles. The van der Waals surface area contributed by atoms with Gasteiger partial charge in [0.1, 0.15) is 5.58 Å². The molecule has 1 aliphatic heterocycles. The van der Waals surface area contributed by atoms with E-state index in [0.717, 1.165) is 31.0 Å². The van der Waals surface area contributed by atoms with E-state index in [4.69, 9.17) is 4.42 Å². The molecule has 2 heterocycles. The molecule has 0 amide bonds. The Balaban J connectivity index is 0.00000196. The second-order valence-electron chi connectivity index (χ2n) is 7.00. The van der Waals surface area contributed by atoms with Gasteiger partial charge in [-0.1, -0.05) is 42.5 Å². The van der Waals surface area contributed by atoms with Gasteiger partial charge < -0.3 is 4.42 Å². The van der Waals surface area contributed by atoms with Crippen LogP contribution >= 0.6 is 12.4 Å². The van der Waals surface area contributed by atoms with Gasteiger partial charge in [-0.2, -0.15) is 0 Å². The Bertz CT molecular complexity index is 899. The molecule has 0 bridgehead atoms. The predicted molar refractivity (Wildman–Crippen MR) is 108 cm³/mol. The van der Waals surface area contributed by atoms with Gasteiger partial charge in [-0.3, -0.25) is 9.69 Å². The van der Waals surface area contributed by atoms with Crippen LogP contribution in [0.3, 0.4) is 0 Å². The SMILES string of the molecule is Cl.O=c1c(CN2CCC(Cc3ccccc3)CC2)coc2ccccc12. The second-order valence-corrected chi connectivity index (χ2v) is 7.00. The molecule has 0 aliphatic carbocycles. The minimum absolute atomic E-state index is 0. The Labute approximate surface area is 160 Å². The van der Waals surface area contributed by atoms with Crippen molar-refractivity contribution in [2.75, 3.05) is 13.1 Å². The highest BCUT2D eigenvalue weighted by Crippen LogP contribution is 2.22. The zero-order valence-electron chi connectivity index (χ0n) is 14.8. The van der Waals surface area contributed by atoms with Crippen LogP contribution in [0, 0.1) is 5.92 Å². The molecule has 136 valence electrons. The monoisotopic (exact) mass is 369 g/mol. The first-order chi connectivity index (χ1) is 12.3. The minimum Gasteiger partial charge on any atom is -0.464 e. The van der Waals surface area contributed by atoms with Crippen molar-refractivity contribution >= 4 is 23.4 Å². The summed E-state index contributed by atoms with van der Waals surface area (Å²) in [6.45, 7) is 2.78. The first-order valence-electron chi connectivity index (χ1n) is 9.05. The molecule has 1 aromatic heterocycles. The summed E-state index contributed by atoms with van der Waals surface area (Å²) >= 11 is 0. The van der Waals surface area contributed by atoms with E-state index in [9.17, 15) is 4.79 Å². The maximum absolute atomic E-state index is 12.6. The van der Waals surface area contributed by atoms with Gasteiger partial charge in [0.15, 0.2) is 5.43 Å². The highest BCUT2D eigenvalue weighted by Gasteiger charge is 2.20. The van der Waals surface area contributed by atoms with E-state index in [-0.39, 0.29) is 17.8 Å². The number of hydrogen-bond acceptors (Lipinski definition) is 3. The summed E-state index contributed by atoms with van der Waals surface area (Å²) in [6.07, 6.45) is 5.18. The van der Waals surface area contributed by atoms with E-state index in [0.29, 0.717) is 17.5 Å². The largest absolute Gasteiger partial charge is 0.464 e. The molecular formula is C22H24ClNO2. The molecule has 1 aliphatic rings. The van der Waals surface area contributed by atoms with Crippen LogP contribution in [0.25, 0.3) is 11.0 Å². The van der Waals surface area contributed by atoms with Crippen LogP contribution in [0.15, 0.2) is 70.1 Å². The Kier molecular flexibility index (Phi) is 6.12. The maximum atomic E-state index is 12.6. The van der Waals surface area contributed by atoms with E-state index in [1.165, 1.54) is 18.4 Å². The Morgan fingerprint density at radius 1 is 0.962 bits per heavy atom. The minimum atomic E-state index is 0. The molecule has 4 heteroatoms. The van der Waals surface area contributed by atoms with Crippen LogP contribution in [0.4, 0.5) is 0 Å². The summed E-state index contributed by atoms with van der Waals surface area (Å²) in [6, 6.07) is 18.2. The van der Waals surface area contributed by atoms with Gasteiger partial charge in [-0.05, 0) is 56.0 Å². The highest BCUT2D eigenvalue weighted by molar-refractivity contribution is 5.85. The van der Waals surface area contributed by atoms with E-state index < -0.39 is 0 Å². The van der Waals surface area contributed by atoms with E-state index in [1.807, 2.05) is 24.3 Å². The van der Waals surface area contributed by atoms with Gasteiger partial charge in [-0.15, -0.1) is 12.4 Å². The molecule has 4 rings (SSSR count). The normalized spacial score (nSPS) is 15.7. The third kappa shape index (κ3) is 4.17. The molecular weight excluding hydrogens is 346 g/mol. The Morgan fingerprint density at radius 3 is 2.42 bits per heavy atom. The molecule has 0 N–H and O–H groups in total. The summed E-state index contributed by atoms with van der Waals surface area (Å²) in [7, 11) is 0.